The molecule has 0 bridgehead atoms. The average molecular weight is 402 g/mol. The molecule has 0 radical (unpaired) electrons. The summed E-state index contributed by atoms with van der Waals surface area (Å²) in [6, 6.07) is 11.8. The lowest BCUT2D eigenvalue weighted by atomic mass is 10.2. The molecule has 7 heteroatoms. The minimum atomic E-state index is -0.285. The van der Waals surface area contributed by atoms with Gasteiger partial charge in [0, 0.05) is 37.3 Å². The molecule has 2 heterocycles. The zero-order valence-corrected chi connectivity index (χ0v) is 16.0. The van der Waals surface area contributed by atoms with Gasteiger partial charge in [-0.2, -0.15) is 0 Å². The Morgan fingerprint density at radius 3 is 2.59 bits per heavy atom. The number of thiazole rings is 1. The fourth-order valence-corrected chi connectivity index (χ4v) is 4.28. The molecular weight excluding hydrogens is 385 g/mol. The minimum absolute atomic E-state index is 0.0324. The Bertz CT molecular complexity index is 994. The molecule has 1 saturated heterocycles. The van der Waals surface area contributed by atoms with Crippen LogP contribution in [-0.4, -0.2) is 42.0 Å². The number of halogens is 2. The van der Waals surface area contributed by atoms with E-state index >= 15 is 0 Å². The van der Waals surface area contributed by atoms with E-state index in [1.165, 1.54) is 12.1 Å². The molecule has 4 rings (SSSR count). The lowest BCUT2D eigenvalue weighted by molar-refractivity contribution is -0.126. The SMILES string of the molecule is O=C(/C=C/c1ccc(F)cc1)N1CCN(c2nc3ccc(Cl)cc3s2)CC1. The van der Waals surface area contributed by atoms with Crippen LogP contribution in [0, 0.1) is 5.82 Å². The Labute approximate surface area is 165 Å². The van der Waals surface area contributed by atoms with Gasteiger partial charge in [-0.15, -0.1) is 0 Å². The second-order valence-corrected chi connectivity index (χ2v) is 7.75. The summed E-state index contributed by atoms with van der Waals surface area (Å²) in [6.07, 6.45) is 3.26. The molecule has 4 nitrogen and oxygen atoms in total. The first-order valence-electron chi connectivity index (χ1n) is 8.62. The third-order valence-electron chi connectivity index (χ3n) is 4.49. The van der Waals surface area contributed by atoms with Crippen LogP contribution in [0.25, 0.3) is 16.3 Å². The lowest BCUT2D eigenvalue weighted by Gasteiger charge is -2.34. The average Bonchev–Trinajstić information content (AvgIpc) is 3.10. The maximum absolute atomic E-state index is 12.9. The van der Waals surface area contributed by atoms with E-state index in [0.717, 1.165) is 34.0 Å². The van der Waals surface area contributed by atoms with Crippen LogP contribution in [0.4, 0.5) is 9.52 Å². The van der Waals surface area contributed by atoms with Gasteiger partial charge in [0.2, 0.25) is 5.91 Å². The Hall–Kier alpha value is -2.44. The van der Waals surface area contributed by atoms with Gasteiger partial charge in [0.25, 0.3) is 0 Å². The molecule has 1 fully saturated rings. The highest BCUT2D eigenvalue weighted by molar-refractivity contribution is 7.22. The van der Waals surface area contributed by atoms with Crippen LogP contribution in [0.5, 0.6) is 0 Å². The Morgan fingerprint density at radius 2 is 1.85 bits per heavy atom. The van der Waals surface area contributed by atoms with Crippen molar-refractivity contribution in [2.75, 3.05) is 31.1 Å². The van der Waals surface area contributed by atoms with Crippen molar-refractivity contribution in [3.8, 4) is 0 Å². The van der Waals surface area contributed by atoms with Crippen molar-refractivity contribution in [3.63, 3.8) is 0 Å². The predicted octanol–water partition coefficient (Wildman–Crippen LogP) is 4.45. The fraction of sp³-hybridized carbons (Fsp3) is 0.200. The normalized spacial score (nSPS) is 15.0. The van der Waals surface area contributed by atoms with Gasteiger partial charge < -0.3 is 9.80 Å². The first-order valence-corrected chi connectivity index (χ1v) is 9.81. The van der Waals surface area contributed by atoms with Crippen molar-refractivity contribution >= 4 is 50.3 Å². The summed E-state index contributed by atoms with van der Waals surface area (Å²) in [6.45, 7) is 2.76. The highest BCUT2D eigenvalue weighted by atomic mass is 35.5. The van der Waals surface area contributed by atoms with Crippen molar-refractivity contribution in [3.05, 3.63) is 64.9 Å². The van der Waals surface area contributed by atoms with Gasteiger partial charge >= 0.3 is 0 Å². The number of hydrogen-bond acceptors (Lipinski definition) is 4. The van der Waals surface area contributed by atoms with Crippen LogP contribution >= 0.6 is 22.9 Å². The zero-order chi connectivity index (χ0) is 18.8. The van der Waals surface area contributed by atoms with Crippen molar-refractivity contribution in [2.45, 2.75) is 0 Å². The van der Waals surface area contributed by atoms with Gasteiger partial charge in [-0.3, -0.25) is 4.79 Å². The Balaban J connectivity index is 1.37. The van der Waals surface area contributed by atoms with E-state index < -0.39 is 0 Å². The van der Waals surface area contributed by atoms with Crippen molar-refractivity contribution in [2.24, 2.45) is 0 Å². The van der Waals surface area contributed by atoms with Gasteiger partial charge in [-0.25, -0.2) is 9.37 Å². The van der Waals surface area contributed by atoms with Crippen LogP contribution in [-0.2, 0) is 4.79 Å². The highest BCUT2D eigenvalue weighted by Gasteiger charge is 2.22. The maximum atomic E-state index is 12.9. The van der Waals surface area contributed by atoms with E-state index in [1.807, 2.05) is 23.1 Å². The van der Waals surface area contributed by atoms with Crippen molar-refractivity contribution in [1.82, 2.24) is 9.88 Å². The summed E-state index contributed by atoms with van der Waals surface area (Å²) in [5, 5.41) is 1.67. The van der Waals surface area contributed by atoms with Gasteiger partial charge in [0.1, 0.15) is 5.82 Å². The quantitative estimate of drug-likeness (QED) is 0.608. The smallest absolute Gasteiger partial charge is 0.246 e. The topological polar surface area (TPSA) is 36.4 Å². The molecule has 27 heavy (non-hydrogen) atoms. The molecule has 0 atom stereocenters. The van der Waals surface area contributed by atoms with Crippen LogP contribution < -0.4 is 4.90 Å². The number of nitrogens with zero attached hydrogens (tertiary/aromatic N) is 3. The molecule has 3 aromatic rings. The monoisotopic (exact) mass is 401 g/mol. The predicted molar refractivity (Wildman–Crippen MR) is 109 cm³/mol. The number of fused-ring (bicyclic) bond motifs is 1. The molecule has 1 aliphatic rings. The fourth-order valence-electron chi connectivity index (χ4n) is 2.99. The largest absolute Gasteiger partial charge is 0.345 e. The number of aromatic nitrogens is 1. The Kier molecular flexibility index (Phi) is 5.09. The third-order valence-corrected chi connectivity index (χ3v) is 5.80. The highest BCUT2D eigenvalue weighted by Crippen LogP contribution is 2.31. The molecule has 0 unspecified atom stereocenters. The number of carbonyl (C=O) groups excluding carboxylic acids is 1. The minimum Gasteiger partial charge on any atom is -0.345 e. The van der Waals surface area contributed by atoms with Gasteiger partial charge in [0.15, 0.2) is 5.13 Å². The third kappa shape index (κ3) is 4.12. The standard InChI is InChI=1S/C20H17ClFN3OS/c21-15-4-7-17-18(13-15)27-20(23-17)25-11-9-24(10-12-25)19(26)8-3-14-1-5-16(22)6-2-14/h1-8,13H,9-12H2/b8-3+. The summed E-state index contributed by atoms with van der Waals surface area (Å²) in [5.41, 5.74) is 1.75. The van der Waals surface area contributed by atoms with E-state index in [0.29, 0.717) is 18.1 Å². The second-order valence-electron chi connectivity index (χ2n) is 6.31. The number of benzene rings is 2. The number of carbonyl (C=O) groups is 1. The van der Waals surface area contributed by atoms with Crippen LogP contribution in [0.1, 0.15) is 5.56 Å². The van der Waals surface area contributed by atoms with Crippen LogP contribution in [0.15, 0.2) is 48.5 Å². The van der Waals surface area contributed by atoms with Crippen LogP contribution in [0.2, 0.25) is 5.02 Å². The van der Waals surface area contributed by atoms with E-state index in [2.05, 4.69) is 9.88 Å². The summed E-state index contributed by atoms with van der Waals surface area (Å²) in [4.78, 5) is 21.1. The van der Waals surface area contributed by atoms with E-state index in [-0.39, 0.29) is 11.7 Å². The first-order chi connectivity index (χ1) is 13.1. The van der Waals surface area contributed by atoms with Crippen molar-refractivity contribution in [1.29, 1.82) is 0 Å². The second kappa shape index (κ2) is 7.66. The van der Waals surface area contributed by atoms with Gasteiger partial charge in [0.05, 0.1) is 10.2 Å². The van der Waals surface area contributed by atoms with E-state index in [9.17, 15) is 9.18 Å². The number of rotatable bonds is 3. The maximum Gasteiger partial charge on any atom is 0.246 e. The van der Waals surface area contributed by atoms with E-state index in [4.69, 9.17) is 11.6 Å². The molecule has 1 amide bonds. The molecule has 1 aromatic heterocycles. The molecule has 0 saturated carbocycles. The van der Waals surface area contributed by atoms with Crippen LogP contribution in [0.3, 0.4) is 0 Å². The van der Waals surface area contributed by atoms with Crippen molar-refractivity contribution < 1.29 is 9.18 Å². The molecule has 0 N–H and O–H groups in total. The van der Waals surface area contributed by atoms with Gasteiger partial charge in [-0.1, -0.05) is 35.1 Å². The molecule has 2 aromatic carbocycles. The first kappa shape index (κ1) is 17.9. The summed E-state index contributed by atoms with van der Waals surface area (Å²) in [5.74, 6) is -0.318. The van der Waals surface area contributed by atoms with Gasteiger partial charge in [-0.05, 0) is 42.0 Å². The number of amides is 1. The molecular formula is C20H17ClFN3OS. The molecule has 1 aliphatic heterocycles. The van der Waals surface area contributed by atoms with E-state index in [1.54, 1.807) is 35.6 Å². The molecule has 0 spiro atoms. The number of anilines is 1. The summed E-state index contributed by atoms with van der Waals surface area (Å²) in [7, 11) is 0. The molecule has 138 valence electrons. The summed E-state index contributed by atoms with van der Waals surface area (Å²) >= 11 is 7.66. The zero-order valence-electron chi connectivity index (χ0n) is 14.4. The Morgan fingerprint density at radius 1 is 1.11 bits per heavy atom. The number of piperazine rings is 1. The number of hydrogen-bond donors (Lipinski definition) is 0. The summed E-state index contributed by atoms with van der Waals surface area (Å²) < 4.78 is 14.0. The lowest BCUT2D eigenvalue weighted by Crippen LogP contribution is -2.48. The molecule has 0 aliphatic carbocycles.